The molecule has 0 spiro atoms. The summed E-state index contributed by atoms with van der Waals surface area (Å²) in [5.74, 6) is 0.181. The van der Waals surface area contributed by atoms with Gasteiger partial charge in [-0.3, -0.25) is 4.79 Å². The lowest BCUT2D eigenvalue weighted by atomic mass is 10.2. The number of anilines is 2. The second-order valence-corrected chi connectivity index (χ2v) is 5.91. The van der Waals surface area contributed by atoms with E-state index >= 15 is 0 Å². The Balaban J connectivity index is 3.12. The average molecular weight is 292 g/mol. The third-order valence-electron chi connectivity index (χ3n) is 2.64. The van der Waals surface area contributed by atoms with E-state index in [0.29, 0.717) is 22.9 Å². The molecule has 1 amide bonds. The fourth-order valence-corrected chi connectivity index (χ4v) is 2.91. The summed E-state index contributed by atoms with van der Waals surface area (Å²) in [6.45, 7) is 8.90. The van der Waals surface area contributed by atoms with Crippen molar-refractivity contribution in [2.75, 3.05) is 30.8 Å². The van der Waals surface area contributed by atoms with Gasteiger partial charge >= 0.3 is 0 Å². The zero-order valence-corrected chi connectivity index (χ0v) is 12.9. The summed E-state index contributed by atoms with van der Waals surface area (Å²) in [6.07, 6.45) is 1.60. The molecule has 1 rings (SSSR count). The van der Waals surface area contributed by atoms with Gasteiger partial charge in [-0.05, 0) is 5.92 Å². The van der Waals surface area contributed by atoms with Gasteiger partial charge in [0, 0.05) is 20.1 Å². The lowest BCUT2D eigenvalue weighted by Crippen LogP contribution is -2.23. The van der Waals surface area contributed by atoms with Gasteiger partial charge in [0.15, 0.2) is 0 Å². The summed E-state index contributed by atoms with van der Waals surface area (Å²) in [5.41, 5.74) is 6.56. The van der Waals surface area contributed by atoms with Crippen molar-refractivity contribution in [3.8, 4) is 6.07 Å². The molecule has 0 radical (unpaired) electrons. The van der Waals surface area contributed by atoms with E-state index in [1.807, 2.05) is 11.9 Å². The molecule has 108 valence electrons. The number of amides is 1. The molecule has 20 heavy (non-hydrogen) atoms. The number of nitrogen functional groups attached to an aromatic ring is 1. The molecule has 0 atom stereocenters. The number of carbonyl (C=O) groups is 1. The van der Waals surface area contributed by atoms with Crippen LogP contribution in [0.5, 0.6) is 0 Å². The smallest absolute Gasteiger partial charge is 0.263 e. The van der Waals surface area contributed by atoms with Gasteiger partial charge in [-0.15, -0.1) is 17.9 Å². The molecule has 1 aromatic heterocycles. The number of thiophene rings is 1. The van der Waals surface area contributed by atoms with E-state index in [2.05, 4.69) is 31.8 Å². The van der Waals surface area contributed by atoms with Crippen molar-refractivity contribution in [2.45, 2.75) is 13.8 Å². The van der Waals surface area contributed by atoms with Gasteiger partial charge in [-0.25, -0.2) is 0 Å². The molecule has 1 heterocycles. The first kappa shape index (κ1) is 16.1. The van der Waals surface area contributed by atoms with Crippen LogP contribution in [0.3, 0.4) is 0 Å². The minimum absolute atomic E-state index is 0.254. The van der Waals surface area contributed by atoms with Gasteiger partial charge in [0.1, 0.15) is 21.5 Å². The lowest BCUT2D eigenvalue weighted by molar-refractivity contribution is 0.0963. The Morgan fingerprint density at radius 1 is 1.65 bits per heavy atom. The maximum absolute atomic E-state index is 12.0. The van der Waals surface area contributed by atoms with Crippen molar-refractivity contribution in [1.29, 1.82) is 5.26 Å². The SMILES string of the molecule is C=CCNC(=O)c1sc(N(C)CC(C)C)c(C#N)c1N. The monoisotopic (exact) mass is 292 g/mol. The minimum Gasteiger partial charge on any atom is -0.396 e. The maximum atomic E-state index is 12.0. The Morgan fingerprint density at radius 2 is 2.30 bits per heavy atom. The summed E-state index contributed by atoms with van der Waals surface area (Å²) in [6, 6.07) is 2.09. The van der Waals surface area contributed by atoms with Crippen molar-refractivity contribution in [3.63, 3.8) is 0 Å². The van der Waals surface area contributed by atoms with Crippen LogP contribution in [-0.4, -0.2) is 26.0 Å². The molecule has 0 bridgehead atoms. The predicted octanol–water partition coefficient (Wildman–Crippen LogP) is 2.21. The van der Waals surface area contributed by atoms with Crippen molar-refractivity contribution in [1.82, 2.24) is 5.32 Å². The summed E-state index contributed by atoms with van der Waals surface area (Å²) < 4.78 is 0. The molecule has 0 saturated carbocycles. The zero-order valence-electron chi connectivity index (χ0n) is 12.1. The molecule has 3 N–H and O–H groups in total. The fourth-order valence-electron chi connectivity index (χ4n) is 1.85. The van der Waals surface area contributed by atoms with Crippen molar-refractivity contribution < 1.29 is 4.79 Å². The van der Waals surface area contributed by atoms with Gasteiger partial charge in [-0.1, -0.05) is 19.9 Å². The molecule has 0 aliphatic heterocycles. The van der Waals surface area contributed by atoms with E-state index in [-0.39, 0.29) is 11.6 Å². The number of nitrogens with one attached hydrogen (secondary N) is 1. The largest absolute Gasteiger partial charge is 0.396 e. The van der Waals surface area contributed by atoms with Gasteiger partial charge in [-0.2, -0.15) is 5.26 Å². The highest BCUT2D eigenvalue weighted by Crippen LogP contribution is 2.37. The second-order valence-electron chi connectivity index (χ2n) is 4.91. The molecule has 0 unspecified atom stereocenters. The predicted molar refractivity (Wildman–Crippen MR) is 84.1 cm³/mol. The third kappa shape index (κ3) is 3.52. The van der Waals surface area contributed by atoms with E-state index in [1.54, 1.807) is 6.08 Å². The van der Waals surface area contributed by atoms with Crippen LogP contribution in [0.1, 0.15) is 29.1 Å². The Bertz CT molecular complexity index is 542. The molecule has 6 heteroatoms. The first-order chi connectivity index (χ1) is 9.42. The molecule has 0 fully saturated rings. The van der Waals surface area contributed by atoms with Crippen LogP contribution in [0.25, 0.3) is 0 Å². The molecule has 0 saturated heterocycles. The van der Waals surface area contributed by atoms with Crippen LogP contribution in [0.4, 0.5) is 10.7 Å². The summed E-state index contributed by atoms with van der Waals surface area (Å²) in [5, 5.41) is 12.7. The Morgan fingerprint density at radius 3 is 2.80 bits per heavy atom. The highest BCUT2D eigenvalue weighted by Gasteiger charge is 2.23. The molecule has 0 aliphatic carbocycles. The molecule has 5 nitrogen and oxygen atoms in total. The number of nitriles is 1. The first-order valence-electron chi connectivity index (χ1n) is 6.34. The van der Waals surface area contributed by atoms with Gasteiger partial charge < -0.3 is 16.0 Å². The first-order valence-corrected chi connectivity index (χ1v) is 7.16. The van der Waals surface area contributed by atoms with Gasteiger partial charge in [0.05, 0.1) is 5.69 Å². The highest BCUT2D eigenvalue weighted by atomic mass is 32.1. The summed E-state index contributed by atoms with van der Waals surface area (Å²) >= 11 is 1.25. The van der Waals surface area contributed by atoms with E-state index in [0.717, 1.165) is 11.5 Å². The van der Waals surface area contributed by atoms with E-state index < -0.39 is 0 Å². The topological polar surface area (TPSA) is 82.2 Å². The van der Waals surface area contributed by atoms with E-state index in [1.165, 1.54) is 11.3 Å². The molecule has 0 aromatic carbocycles. The van der Waals surface area contributed by atoms with Crippen LogP contribution in [-0.2, 0) is 0 Å². The maximum Gasteiger partial charge on any atom is 0.263 e. The Kier molecular flexibility index (Phi) is 5.59. The molecular weight excluding hydrogens is 272 g/mol. The van der Waals surface area contributed by atoms with Gasteiger partial charge in [0.2, 0.25) is 0 Å². The van der Waals surface area contributed by atoms with Crippen molar-refractivity contribution >= 4 is 27.9 Å². The van der Waals surface area contributed by atoms with Gasteiger partial charge in [0.25, 0.3) is 5.91 Å². The number of hydrogen-bond acceptors (Lipinski definition) is 5. The average Bonchev–Trinajstić information content (AvgIpc) is 2.72. The van der Waals surface area contributed by atoms with Crippen LogP contribution in [0.15, 0.2) is 12.7 Å². The number of carbonyl (C=O) groups excluding carboxylic acids is 1. The molecular formula is C14H20N4OS. The van der Waals surface area contributed by atoms with Crippen LogP contribution >= 0.6 is 11.3 Å². The standard InChI is InChI=1S/C14H20N4OS/c1-5-6-17-13(19)12-11(16)10(7-15)14(20-12)18(4)8-9(2)3/h5,9H,1,6,8,16H2,2-4H3,(H,17,19). The summed E-state index contributed by atoms with van der Waals surface area (Å²) in [4.78, 5) is 14.3. The molecule has 0 aliphatic rings. The van der Waals surface area contributed by atoms with E-state index in [4.69, 9.17) is 5.73 Å². The highest BCUT2D eigenvalue weighted by molar-refractivity contribution is 7.19. The Hall–Kier alpha value is -2.00. The second kappa shape index (κ2) is 6.96. The van der Waals surface area contributed by atoms with Crippen LogP contribution < -0.4 is 16.0 Å². The van der Waals surface area contributed by atoms with Crippen LogP contribution in [0, 0.1) is 17.2 Å². The van der Waals surface area contributed by atoms with Crippen molar-refractivity contribution in [3.05, 3.63) is 23.1 Å². The Labute approximate surface area is 123 Å². The van der Waals surface area contributed by atoms with Crippen molar-refractivity contribution in [2.24, 2.45) is 5.92 Å². The minimum atomic E-state index is -0.270. The zero-order chi connectivity index (χ0) is 15.3. The number of hydrogen-bond donors (Lipinski definition) is 2. The summed E-state index contributed by atoms with van der Waals surface area (Å²) in [7, 11) is 1.90. The third-order valence-corrected chi connectivity index (χ3v) is 3.96. The van der Waals surface area contributed by atoms with Crippen LogP contribution in [0.2, 0.25) is 0 Å². The normalized spacial score (nSPS) is 10.2. The molecule has 1 aromatic rings. The number of nitrogens with zero attached hydrogens (tertiary/aromatic N) is 2. The fraction of sp³-hybridized carbons (Fsp3) is 0.429. The number of rotatable bonds is 6. The quantitative estimate of drug-likeness (QED) is 0.788. The van der Waals surface area contributed by atoms with E-state index in [9.17, 15) is 10.1 Å². The number of nitrogens with two attached hydrogens (primary N) is 1. The lowest BCUT2D eigenvalue weighted by Gasteiger charge is -2.19.